The van der Waals surface area contributed by atoms with E-state index < -0.39 is 7.92 Å². The van der Waals surface area contributed by atoms with Gasteiger partial charge in [-0.05, 0) is 80.4 Å². The van der Waals surface area contributed by atoms with E-state index in [0.717, 1.165) is 12.2 Å². The van der Waals surface area contributed by atoms with Gasteiger partial charge in [0, 0.05) is 17.8 Å². The van der Waals surface area contributed by atoms with Crippen LogP contribution in [0.15, 0.2) is 77.3 Å². The van der Waals surface area contributed by atoms with Gasteiger partial charge in [-0.15, -0.1) is 0 Å². The minimum absolute atomic E-state index is 0. The minimum Gasteiger partial charge on any atom is -0.279 e. The molecule has 1 heterocycles. The van der Waals surface area contributed by atoms with Crippen molar-refractivity contribution < 1.29 is 17.1 Å². The molecule has 0 amide bonds. The second-order valence-corrected chi connectivity index (χ2v) is 11.3. The predicted molar refractivity (Wildman–Crippen MR) is 149 cm³/mol. The molecule has 1 nitrogen and oxygen atoms in total. The molecule has 0 atom stereocenters. The molecule has 0 aromatic heterocycles. The molecule has 2 aromatic carbocycles. The van der Waals surface area contributed by atoms with Crippen LogP contribution in [0.1, 0.15) is 41.5 Å². The van der Waals surface area contributed by atoms with Crippen LogP contribution in [0.25, 0.3) is 0 Å². The van der Waals surface area contributed by atoms with Crippen molar-refractivity contribution in [1.82, 2.24) is 0 Å². The number of benzene rings is 2. The first-order valence-corrected chi connectivity index (χ1v) is 13.5. The first-order valence-electron chi connectivity index (χ1n) is 12.0. The Balaban J connectivity index is 0.000000264. The molecule has 2 aromatic rings. The maximum absolute atomic E-state index is 4.90. The van der Waals surface area contributed by atoms with Crippen LogP contribution in [0.4, 0.5) is 0 Å². The third-order valence-corrected chi connectivity index (χ3v) is 9.62. The van der Waals surface area contributed by atoms with Gasteiger partial charge in [-0.1, -0.05) is 101 Å². The van der Waals surface area contributed by atoms with Crippen LogP contribution >= 0.6 is 7.92 Å². The minimum atomic E-state index is -0.443. The first kappa shape index (κ1) is 28.4. The van der Waals surface area contributed by atoms with E-state index in [0.29, 0.717) is 0 Å². The molecular formula is C32H34FeNP+2. The number of rotatable bonds is 4. The van der Waals surface area contributed by atoms with Gasteiger partial charge in [-0.2, -0.15) is 0 Å². The monoisotopic (exact) mass is 519 g/mol. The summed E-state index contributed by atoms with van der Waals surface area (Å²) in [4.78, 5) is 4.90. The molecule has 2 fully saturated rings. The van der Waals surface area contributed by atoms with Gasteiger partial charge in [0.05, 0.1) is 0 Å². The molecule has 10 radical (unpaired) electrons. The standard InChI is InChI=1S/C22H19NP.C10H15.Fe/c1-17-15-18(23-22-14-8-13-21(17)22)16-24(19-9-4-2-5-10-19)20-11-6-3-7-12-20;1-6-7(2)9(4)10(5)8(6)3;/h2-15H,16H2,1H3;1-5H3;/q;;+2. The van der Waals surface area contributed by atoms with Crippen LogP contribution < -0.4 is 10.6 Å². The fourth-order valence-electron chi connectivity index (χ4n) is 4.55. The molecule has 5 rings (SSSR count). The Kier molecular flexibility index (Phi) is 10.4. The van der Waals surface area contributed by atoms with E-state index >= 15 is 0 Å². The number of dihydropyridines is 1. The Hall–Kier alpha value is -1.20. The molecular weight excluding hydrogens is 485 g/mol. The summed E-state index contributed by atoms with van der Waals surface area (Å²) in [5.41, 5.74) is 2.50. The van der Waals surface area contributed by atoms with Crippen LogP contribution in [-0.2, 0) is 17.1 Å². The Bertz CT molecular complexity index is 901. The number of allylic oxidation sites excluding steroid dienone is 1. The van der Waals surface area contributed by atoms with Crippen LogP contribution in [0.3, 0.4) is 0 Å². The first-order chi connectivity index (χ1) is 16.4. The van der Waals surface area contributed by atoms with Gasteiger partial charge >= 0.3 is 17.1 Å². The van der Waals surface area contributed by atoms with Crippen molar-refractivity contribution >= 4 is 24.2 Å². The Morgan fingerprint density at radius 2 is 1.09 bits per heavy atom. The van der Waals surface area contributed by atoms with Crippen LogP contribution in [0.2, 0.25) is 0 Å². The van der Waals surface area contributed by atoms with Crippen molar-refractivity contribution in [2.75, 3.05) is 6.16 Å². The van der Waals surface area contributed by atoms with E-state index in [1.54, 1.807) is 0 Å². The third-order valence-electron chi connectivity index (χ3n) is 7.13. The molecule has 0 spiro atoms. The number of nitrogens with zero attached hydrogens (tertiary/aromatic N) is 1. The van der Waals surface area contributed by atoms with Gasteiger partial charge in [0.1, 0.15) is 6.04 Å². The average Bonchev–Trinajstić information content (AvgIpc) is 3.41. The Morgan fingerprint density at radius 1 is 0.629 bits per heavy atom. The molecule has 2 aliphatic carbocycles. The topological polar surface area (TPSA) is 12.4 Å². The van der Waals surface area contributed by atoms with E-state index in [9.17, 15) is 0 Å². The molecule has 0 unspecified atom stereocenters. The summed E-state index contributed by atoms with van der Waals surface area (Å²) in [6, 6.07) is 22.8. The quantitative estimate of drug-likeness (QED) is 0.299. The fourth-order valence-corrected chi connectivity index (χ4v) is 6.77. The summed E-state index contributed by atoms with van der Waals surface area (Å²) in [5.74, 6) is 8.60. The molecule has 0 N–H and O–H groups in total. The van der Waals surface area contributed by atoms with E-state index in [1.807, 2.05) is 0 Å². The third kappa shape index (κ3) is 6.57. The van der Waals surface area contributed by atoms with Crippen molar-refractivity contribution in [3.8, 4) is 0 Å². The zero-order chi connectivity index (χ0) is 24.2. The van der Waals surface area contributed by atoms with Gasteiger partial charge in [0.25, 0.3) is 0 Å². The number of fused-ring (bicyclic) bond motifs is 1. The van der Waals surface area contributed by atoms with Crippen LogP contribution in [0.5, 0.6) is 0 Å². The summed E-state index contributed by atoms with van der Waals surface area (Å²) in [5, 5.41) is 2.81. The van der Waals surface area contributed by atoms with Crippen molar-refractivity contribution in [1.29, 1.82) is 0 Å². The van der Waals surface area contributed by atoms with Crippen molar-refractivity contribution in [2.24, 2.45) is 4.99 Å². The van der Waals surface area contributed by atoms with Gasteiger partial charge in [-0.3, -0.25) is 4.99 Å². The van der Waals surface area contributed by atoms with E-state index in [-0.39, 0.29) is 17.1 Å². The van der Waals surface area contributed by atoms with Gasteiger partial charge in [0.15, 0.2) is 0 Å². The maximum Gasteiger partial charge on any atom is 2.00 e. The average molecular weight is 519 g/mol. The molecule has 1 aliphatic heterocycles. The van der Waals surface area contributed by atoms with E-state index in [4.69, 9.17) is 4.99 Å². The fraction of sp³-hybridized carbons (Fsp3) is 0.219. The van der Waals surface area contributed by atoms with E-state index in [1.165, 1.54) is 57.4 Å². The smallest absolute Gasteiger partial charge is 0.279 e. The summed E-state index contributed by atoms with van der Waals surface area (Å²) >= 11 is 0. The SMILES string of the molecule is CC1=CC(CP(c2ccccc2)c2ccccc2)=N[C]2[CH][CH][CH][C]21.C[C]1[C](C)[C](C)[C](C)[C]1C.[Fe+2]. The zero-order valence-electron chi connectivity index (χ0n) is 21.5. The summed E-state index contributed by atoms with van der Waals surface area (Å²) in [6.45, 7) is 13.2. The Morgan fingerprint density at radius 3 is 1.54 bits per heavy atom. The number of aliphatic imine (C=N–C) groups is 1. The van der Waals surface area contributed by atoms with Crippen molar-refractivity contribution in [3.63, 3.8) is 0 Å². The molecule has 178 valence electrons. The van der Waals surface area contributed by atoms with Gasteiger partial charge in [-0.25, -0.2) is 0 Å². The largest absolute Gasteiger partial charge is 2.00 e. The molecule has 0 bridgehead atoms. The van der Waals surface area contributed by atoms with Gasteiger partial charge in [0.2, 0.25) is 0 Å². The normalized spacial score (nSPS) is 20.8. The van der Waals surface area contributed by atoms with Crippen LogP contribution in [-0.4, -0.2) is 11.9 Å². The molecule has 3 heteroatoms. The number of hydrogen-bond acceptors (Lipinski definition) is 1. The van der Waals surface area contributed by atoms with E-state index in [2.05, 4.69) is 128 Å². The van der Waals surface area contributed by atoms with Gasteiger partial charge < -0.3 is 0 Å². The maximum atomic E-state index is 4.90. The summed E-state index contributed by atoms with van der Waals surface area (Å²) in [6.07, 6.45) is 9.58. The Labute approximate surface area is 226 Å². The second-order valence-electron chi connectivity index (χ2n) is 9.14. The molecule has 2 saturated carbocycles. The predicted octanol–water partition coefficient (Wildman–Crippen LogP) is 7.22. The molecule has 0 saturated heterocycles. The number of hydrogen-bond donors (Lipinski definition) is 0. The summed E-state index contributed by atoms with van der Waals surface area (Å²) < 4.78 is 0. The molecule has 35 heavy (non-hydrogen) atoms. The van der Waals surface area contributed by atoms with Crippen LogP contribution in [0, 0.1) is 60.8 Å². The zero-order valence-corrected chi connectivity index (χ0v) is 23.5. The second kappa shape index (κ2) is 12.9. The summed E-state index contributed by atoms with van der Waals surface area (Å²) in [7, 11) is -0.443. The van der Waals surface area contributed by atoms with Crippen molar-refractivity contribution in [3.05, 3.63) is 133 Å². The molecule has 3 aliphatic rings. The van der Waals surface area contributed by atoms with Crippen molar-refractivity contribution in [2.45, 2.75) is 41.5 Å².